The van der Waals surface area contributed by atoms with E-state index >= 15 is 0 Å². The topological polar surface area (TPSA) is 50.4 Å². The highest BCUT2D eigenvalue weighted by Crippen LogP contribution is 2.25. The molecule has 0 fully saturated rings. The quantitative estimate of drug-likeness (QED) is 0.835. The Bertz CT molecular complexity index is 410. The summed E-state index contributed by atoms with van der Waals surface area (Å²) in [5, 5.41) is 6.45. The van der Waals surface area contributed by atoms with Crippen molar-refractivity contribution in [3.8, 4) is 0 Å². The Labute approximate surface area is 113 Å². The van der Waals surface area contributed by atoms with Gasteiger partial charge in [0, 0.05) is 25.3 Å². The first-order valence-corrected chi connectivity index (χ1v) is 6.32. The van der Waals surface area contributed by atoms with Crippen LogP contribution >= 0.6 is 11.6 Å². The molecule has 0 aromatic heterocycles. The average Bonchev–Trinajstić information content (AvgIpc) is 2.29. The van der Waals surface area contributed by atoms with Gasteiger partial charge >= 0.3 is 0 Å². The molecule has 100 valence electrons. The first-order chi connectivity index (χ1) is 8.52. The molecular formula is C13H19ClN2O2. The van der Waals surface area contributed by atoms with Gasteiger partial charge in [0.15, 0.2) is 0 Å². The van der Waals surface area contributed by atoms with E-state index in [4.69, 9.17) is 16.3 Å². The Kier molecular flexibility index (Phi) is 5.95. The largest absolute Gasteiger partial charge is 0.380 e. The third-order valence-corrected chi connectivity index (χ3v) is 2.58. The fourth-order valence-corrected chi connectivity index (χ4v) is 1.74. The van der Waals surface area contributed by atoms with Gasteiger partial charge in [-0.2, -0.15) is 0 Å². The fraction of sp³-hybridized carbons (Fsp3) is 0.462. The summed E-state index contributed by atoms with van der Waals surface area (Å²) in [7, 11) is 0. The molecule has 0 bridgehead atoms. The lowest BCUT2D eigenvalue weighted by Crippen LogP contribution is -2.21. The third-order valence-electron chi connectivity index (χ3n) is 2.26. The summed E-state index contributed by atoms with van der Waals surface area (Å²) >= 11 is 6.08. The van der Waals surface area contributed by atoms with Crippen molar-refractivity contribution in [2.24, 2.45) is 0 Å². The highest BCUT2D eigenvalue weighted by molar-refractivity contribution is 6.34. The van der Waals surface area contributed by atoms with Crippen molar-refractivity contribution < 1.29 is 9.53 Å². The number of ether oxygens (including phenoxy) is 1. The molecule has 0 saturated carbocycles. The normalized spacial score (nSPS) is 12.0. The van der Waals surface area contributed by atoms with Crippen LogP contribution in [0, 0.1) is 0 Å². The highest BCUT2D eigenvalue weighted by Gasteiger charge is 2.06. The van der Waals surface area contributed by atoms with Crippen molar-refractivity contribution in [2.45, 2.75) is 26.8 Å². The lowest BCUT2D eigenvalue weighted by molar-refractivity contribution is -0.114. The van der Waals surface area contributed by atoms with Gasteiger partial charge in [-0.1, -0.05) is 11.6 Å². The zero-order valence-electron chi connectivity index (χ0n) is 10.9. The van der Waals surface area contributed by atoms with Crippen LogP contribution in [-0.4, -0.2) is 25.2 Å². The number of nitrogens with one attached hydrogen (secondary N) is 2. The van der Waals surface area contributed by atoms with Crippen molar-refractivity contribution in [3.05, 3.63) is 23.2 Å². The average molecular weight is 271 g/mol. The number of anilines is 2. The summed E-state index contributed by atoms with van der Waals surface area (Å²) in [5.74, 6) is -0.137. The molecule has 1 unspecified atom stereocenters. The SMILES string of the molecule is CCOCC(C)Nc1ccc(NC(C)=O)c(Cl)c1. The molecule has 4 nitrogen and oxygen atoms in total. The van der Waals surface area contributed by atoms with E-state index < -0.39 is 0 Å². The first-order valence-electron chi connectivity index (χ1n) is 5.94. The van der Waals surface area contributed by atoms with Crippen LogP contribution in [0.15, 0.2) is 18.2 Å². The molecule has 1 aromatic carbocycles. The van der Waals surface area contributed by atoms with Gasteiger partial charge in [-0.15, -0.1) is 0 Å². The second kappa shape index (κ2) is 7.24. The Morgan fingerprint density at radius 2 is 2.22 bits per heavy atom. The maximum Gasteiger partial charge on any atom is 0.221 e. The molecule has 0 heterocycles. The molecule has 0 aliphatic heterocycles. The van der Waals surface area contributed by atoms with Crippen molar-refractivity contribution in [3.63, 3.8) is 0 Å². The second-order valence-electron chi connectivity index (χ2n) is 4.08. The number of carbonyl (C=O) groups is 1. The first kappa shape index (κ1) is 14.8. The molecule has 1 rings (SSSR count). The van der Waals surface area contributed by atoms with E-state index in [1.54, 1.807) is 12.1 Å². The minimum Gasteiger partial charge on any atom is -0.380 e. The predicted octanol–water partition coefficient (Wildman–Crippen LogP) is 3.14. The van der Waals surface area contributed by atoms with Gasteiger partial charge in [0.05, 0.1) is 17.3 Å². The number of hydrogen-bond donors (Lipinski definition) is 2. The third kappa shape index (κ3) is 4.94. The Morgan fingerprint density at radius 3 is 2.78 bits per heavy atom. The van der Waals surface area contributed by atoms with Gasteiger partial charge in [-0.3, -0.25) is 4.79 Å². The van der Waals surface area contributed by atoms with Gasteiger partial charge in [0.1, 0.15) is 0 Å². The zero-order valence-corrected chi connectivity index (χ0v) is 11.7. The summed E-state index contributed by atoms with van der Waals surface area (Å²) in [4.78, 5) is 10.9. The van der Waals surface area contributed by atoms with Gasteiger partial charge in [-0.25, -0.2) is 0 Å². The standard InChI is InChI=1S/C13H19ClN2O2/c1-4-18-8-9(2)15-11-5-6-13(12(14)7-11)16-10(3)17/h5-7,9,15H,4,8H2,1-3H3,(H,16,17). The van der Waals surface area contributed by atoms with Crippen molar-refractivity contribution in [1.29, 1.82) is 0 Å². The van der Waals surface area contributed by atoms with E-state index in [9.17, 15) is 4.79 Å². The van der Waals surface area contributed by atoms with Crippen LogP contribution in [0.2, 0.25) is 5.02 Å². The summed E-state index contributed by atoms with van der Waals surface area (Å²) in [6.45, 7) is 6.79. The molecule has 0 radical (unpaired) electrons. The number of hydrogen-bond acceptors (Lipinski definition) is 3. The lowest BCUT2D eigenvalue weighted by Gasteiger charge is -2.16. The smallest absolute Gasteiger partial charge is 0.221 e. The number of benzene rings is 1. The van der Waals surface area contributed by atoms with Crippen molar-refractivity contribution in [1.82, 2.24) is 0 Å². The van der Waals surface area contributed by atoms with Crippen molar-refractivity contribution in [2.75, 3.05) is 23.8 Å². The number of rotatable bonds is 6. The van der Waals surface area contributed by atoms with Crippen LogP contribution in [0.1, 0.15) is 20.8 Å². The summed E-state index contributed by atoms with van der Waals surface area (Å²) in [5.41, 5.74) is 1.52. The Morgan fingerprint density at radius 1 is 1.50 bits per heavy atom. The maximum atomic E-state index is 10.9. The van der Waals surface area contributed by atoms with Crippen LogP contribution in [0.4, 0.5) is 11.4 Å². The van der Waals surface area contributed by atoms with E-state index in [2.05, 4.69) is 10.6 Å². The van der Waals surface area contributed by atoms with E-state index in [1.807, 2.05) is 19.9 Å². The molecule has 18 heavy (non-hydrogen) atoms. The summed E-state index contributed by atoms with van der Waals surface area (Å²) in [6, 6.07) is 5.64. The molecular weight excluding hydrogens is 252 g/mol. The molecule has 0 aliphatic carbocycles. The number of amides is 1. The van der Waals surface area contributed by atoms with Crippen LogP contribution in [0.5, 0.6) is 0 Å². The zero-order chi connectivity index (χ0) is 13.5. The number of halogens is 1. The van der Waals surface area contributed by atoms with Crippen LogP contribution in [-0.2, 0) is 9.53 Å². The second-order valence-corrected chi connectivity index (χ2v) is 4.49. The minimum absolute atomic E-state index is 0.137. The highest BCUT2D eigenvalue weighted by atomic mass is 35.5. The monoisotopic (exact) mass is 270 g/mol. The maximum absolute atomic E-state index is 10.9. The fourth-order valence-electron chi connectivity index (χ4n) is 1.52. The molecule has 0 aliphatic rings. The van der Waals surface area contributed by atoms with Gasteiger partial charge in [-0.05, 0) is 32.0 Å². The van der Waals surface area contributed by atoms with E-state index in [1.165, 1.54) is 6.92 Å². The molecule has 0 saturated heterocycles. The van der Waals surface area contributed by atoms with E-state index in [-0.39, 0.29) is 11.9 Å². The molecule has 1 aromatic rings. The van der Waals surface area contributed by atoms with E-state index in [0.717, 1.165) is 5.69 Å². The van der Waals surface area contributed by atoms with E-state index in [0.29, 0.717) is 23.9 Å². The molecule has 0 spiro atoms. The Balaban J connectivity index is 2.63. The van der Waals surface area contributed by atoms with Gasteiger partial charge in [0.2, 0.25) is 5.91 Å². The van der Waals surface area contributed by atoms with Gasteiger partial charge in [0.25, 0.3) is 0 Å². The van der Waals surface area contributed by atoms with Crippen molar-refractivity contribution >= 4 is 28.9 Å². The summed E-state index contributed by atoms with van der Waals surface area (Å²) in [6.07, 6.45) is 0. The molecule has 5 heteroatoms. The molecule has 2 N–H and O–H groups in total. The van der Waals surface area contributed by atoms with Crippen LogP contribution in [0.25, 0.3) is 0 Å². The number of carbonyl (C=O) groups excluding carboxylic acids is 1. The molecule has 1 amide bonds. The minimum atomic E-state index is -0.137. The molecule has 1 atom stereocenters. The lowest BCUT2D eigenvalue weighted by atomic mass is 10.2. The Hall–Kier alpha value is -1.26. The predicted molar refractivity (Wildman–Crippen MR) is 75.3 cm³/mol. The van der Waals surface area contributed by atoms with Crippen LogP contribution in [0.3, 0.4) is 0 Å². The van der Waals surface area contributed by atoms with Gasteiger partial charge < -0.3 is 15.4 Å². The van der Waals surface area contributed by atoms with Crippen LogP contribution < -0.4 is 10.6 Å². The summed E-state index contributed by atoms with van der Waals surface area (Å²) < 4.78 is 5.32.